The van der Waals surface area contributed by atoms with Crippen molar-refractivity contribution in [3.63, 3.8) is 0 Å². The van der Waals surface area contributed by atoms with E-state index in [4.69, 9.17) is 17.3 Å². The minimum Gasteiger partial charge on any atom is -0.383 e. The number of nitriles is 1. The number of alkyl halides is 2. The van der Waals surface area contributed by atoms with E-state index in [2.05, 4.69) is 52.8 Å². The topological polar surface area (TPSA) is 135 Å². The Bertz CT molecular complexity index is 1530. The summed E-state index contributed by atoms with van der Waals surface area (Å²) in [6.07, 6.45) is 2.43. The number of carbonyl (C=O) groups excluding carboxylic acids is 1. The van der Waals surface area contributed by atoms with E-state index in [1.165, 1.54) is 6.20 Å². The Balaban J connectivity index is 1.81. The molecule has 2 aromatic carbocycles. The predicted molar refractivity (Wildman–Crippen MR) is 141 cm³/mol. The highest BCUT2D eigenvalue weighted by Crippen LogP contribution is 2.36. The number of nitrogens with two attached hydrogens (primary N) is 1. The van der Waals surface area contributed by atoms with Crippen molar-refractivity contribution in [1.82, 2.24) is 20.0 Å². The Kier molecular flexibility index (Phi) is 7.20. The fourth-order valence-electron chi connectivity index (χ4n) is 3.77. The molecule has 2 heterocycles. The van der Waals surface area contributed by atoms with E-state index < -0.39 is 18.0 Å². The van der Waals surface area contributed by atoms with Crippen LogP contribution < -0.4 is 16.4 Å². The van der Waals surface area contributed by atoms with E-state index in [0.717, 1.165) is 6.20 Å². The summed E-state index contributed by atoms with van der Waals surface area (Å²) in [5.41, 5.74) is 7.52. The van der Waals surface area contributed by atoms with Crippen LogP contribution in [0.1, 0.15) is 43.6 Å². The Labute approximate surface area is 222 Å². The smallest absolute Gasteiger partial charge is 0.383 e. The van der Waals surface area contributed by atoms with Crippen molar-refractivity contribution in [1.29, 1.82) is 5.26 Å². The van der Waals surface area contributed by atoms with E-state index in [1.54, 1.807) is 36.4 Å². The van der Waals surface area contributed by atoms with Gasteiger partial charge in [-0.3, -0.25) is 9.78 Å². The van der Waals surface area contributed by atoms with Gasteiger partial charge in [-0.15, -0.1) is 5.10 Å². The molecule has 0 radical (unpaired) electrons. The van der Waals surface area contributed by atoms with Crippen molar-refractivity contribution in [2.75, 3.05) is 17.2 Å². The molecule has 0 bridgehead atoms. The minimum absolute atomic E-state index is 0.0703. The number of hydrogen-bond donors (Lipinski definition) is 3. The third kappa shape index (κ3) is 5.50. The van der Waals surface area contributed by atoms with Gasteiger partial charge in [-0.05, 0) is 23.1 Å². The third-order valence-corrected chi connectivity index (χ3v) is 5.96. The van der Waals surface area contributed by atoms with Crippen LogP contribution in [0.25, 0.3) is 10.9 Å². The molecule has 38 heavy (non-hydrogen) atoms. The zero-order chi connectivity index (χ0) is 27.7. The van der Waals surface area contributed by atoms with Crippen LogP contribution >= 0.6 is 11.6 Å². The number of primary amides is 1. The number of hydrogen-bond acceptors (Lipinski definition) is 7. The first kappa shape index (κ1) is 26.8. The standard InChI is InChI=1S/C26H25ClF2N8O/c1-25(2,3)14-33-21-16(11-30)12-32-23-18(21)9-17(10-19(23)27)34-22(15-7-5-4-6-8-15)20-13-37(36-35-20)26(28,29)24(31)38/h4-10,12-13,22,34H,14H2,1-3H3,(H2,31,38)(H,32,33)/t22-/m0/s1. The Hall–Kier alpha value is -4.30. The van der Waals surface area contributed by atoms with E-state index in [9.17, 15) is 18.8 Å². The molecule has 0 aliphatic carbocycles. The zero-order valence-corrected chi connectivity index (χ0v) is 21.6. The number of nitrogens with one attached hydrogen (secondary N) is 2. The molecular formula is C26H25ClF2N8O. The van der Waals surface area contributed by atoms with Crippen LogP contribution in [-0.4, -0.2) is 32.4 Å². The largest absolute Gasteiger partial charge is 0.423 e. The number of anilines is 2. The summed E-state index contributed by atoms with van der Waals surface area (Å²) in [5, 5.41) is 24.6. The molecule has 12 heteroatoms. The van der Waals surface area contributed by atoms with E-state index in [0.29, 0.717) is 45.0 Å². The average Bonchev–Trinajstić information content (AvgIpc) is 3.36. The normalized spacial score (nSPS) is 12.7. The number of carbonyl (C=O) groups is 1. The zero-order valence-electron chi connectivity index (χ0n) is 20.8. The monoisotopic (exact) mass is 538 g/mol. The van der Waals surface area contributed by atoms with Gasteiger partial charge in [-0.2, -0.15) is 18.7 Å². The molecule has 0 aliphatic heterocycles. The van der Waals surface area contributed by atoms with Crippen LogP contribution in [0.4, 0.5) is 20.2 Å². The number of rotatable bonds is 8. The quantitative estimate of drug-likeness (QED) is 0.286. The number of fused-ring (bicyclic) bond motifs is 1. The lowest BCUT2D eigenvalue weighted by atomic mass is 9.96. The Morgan fingerprint density at radius 2 is 1.95 bits per heavy atom. The first-order valence-electron chi connectivity index (χ1n) is 11.6. The van der Waals surface area contributed by atoms with Gasteiger partial charge in [0.2, 0.25) is 0 Å². The highest BCUT2D eigenvalue weighted by atomic mass is 35.5. The van der Waals surface area contributed by atoms with Crippen molar-refractivity contribution in [2.45, 2.75) is 32.9 Å². The molecule has 0 unspecified atom stereocenters. The SMILES string of the molecule is CC(C)(C)CNc1c(C#N)cnc2c(Cl)cc(N[C@@H](c3ccccc3)c3cn(C(F)(F)C(N)=O)nn3)cc12. The van der Waals surface area contributed by atoms with Gasteiger partial charge in [-0.1, -0.05) is 67.9 Å². The van der Waals surface area contributed by atoms with Crippen molar-refractivity contribution in [3.05, 3.63) is 76.7 Å². The molecule has 0 saturated heterocycles. The van der Waals surface area contributed by atoms with Crippen LogP contribution in [0.3, 0.4) is 0 Å². The van der Waals surface area contributed by atoms with E-state index in [1.807, 2.05) is 6.07 Å². The van der Waals surface area contributed by atoms with Gasteiger partial charge >= 0.3 is 12.0 Å². The van der Waals surface area contributed by atoms with E-state index in [-0.39, 0.29) is 15.8 Å². The number of nitrogens with zero attached hydrogens (tertiary/aromatic N) is 5. The van der Waals surface area contributed by atoms with Gasteiger partial charge in [0.15, 0.2) is 0 Å². The summed E-state index contributed by atoms with van der Waals surface area (Å²) in [7, 11) is 0. The van der Waals surface area contributed by atoms with Crippen molar-refractivity contribution < 1.29 is 13.6 Å². The predicted octanol–water partition coefficient (Wildman–Crippen LogP) is 5.05. The second kappa shape index (κ2) is 10.2. The molecule has 4 N–H and O–H groups in total. The van der Waals surface area contributed by atoms with Crippen molar-refractivity contribution >= 4 is 39.8 Å². The lowest BCUT2D eigenvalue weighted by Gasteiger charge is -2.22. The summed E-state index contributed by atoms with van der Waals surface area (Å²) in [5.74, 6) is -1.85. The molecule has 4 rings (SSSR count). The number of benzene rings is 2. The summed E-state index contributed by atoms with van der Waals surface area (Å²) < 4.78 is 28.5. The van der Waals surface area contributed by atoms with Crippen LogP contribution in [-0.2, 0) is 10.8 Å². The van der Waals surface area contributed by atoms with Crippen LogP contribution in [0, 0.1) is 16.7 Å². The van der Waals surface area contributed by atoms with E-state index >= 15 is 0 Å². The summed E-state index contributed by atoms with van der Waals surface area (Å²) in [4.78, 5) is 15.6. The highest BCUT2D eigenvalue weighted by Gasteiger charge is 2.41. The lowest BCUT2D eigenvalue weighted by molar-refractivity contribution is -0.159. The molecule has 0 spiro atoms. The molecule has 9 nitrogen and oxygen atoms in total. The van der Waals surface area contributed by atoms with Gasteiger partial charge in [0, 0.05) is 23.8 Å². The molecule has 0 saturated carbocycles. The van der Waals surface area contributed by atoms with Crippen LogP contribution in [0.5, 0.6) is 0 Å². The highest BCUT2D eigenvalue weighted by molar-refractivity contribution is 6.35. The molecule has 0 aliphatic rings. The third-order valence-electron chi connectivity index (χ3n) is 5.68. The molecule has 1 amide bonds. The molecular weight excluding hydrogens is 514 g/mol. The van der Waals surface area contributed by atoms with Crippen molar-refractivity contribution in [2.24, 2.45) is 11.1 Å². The molecule has 196 valence electrons. The van der Waals surface area contributed by atoms with Gasteiger partial charge < -0.3 is 16.4 Å². The Morgan fingerprint density at radius 3 is 2.58 bits per heavy atom. The van der Waals surface area contributed by atoms with Crippen molar-refractivity contribution in [3.8, 4) is 6.07 Å². The molecule has 2 aromatic heterocycles. The maximum Gasteiger partial charge on any atom is 0.423 e. The molecule has 0 fully saturated rings. The fraction of sp³-hybridized carbons (Fsp3) is 0.269. The number of aromatic nitrogens is 4. The minimum atomic E-state index is -4.05. The second-order valence-electron chi connectivity index (χ2n) is 9.91. The Morgan fingerprint density at radius 1 is 1.24 bits per heavy atom. The first-order chi connectivity index (χ1) is 17.9. The maximum absolute atomic E-state index is 14.2. The summed E-state index contributed by atoms with van der Waals surface area (Å²) >= 11 is 6.60. The average molecular weight is 539 g/mol. The van der Waals surface area contributed by atoms with Gasteiger partial charge in [0.1, 0.15) is 11.8 Å². The van der Waals surface area contributed by atoms with Gasteiger partial charge in [-0.25, -0.2) is 0 Å². The van der Waals surface area contributed by atoms with Gasteiger partial charge in [0.05, 0.1) is 34.0 Å². The summed E-state index contributed by atoms with van der Waals surface area (Å²) in [6, 6.07) is 9.76. The summed E-state index contributed by atoms with van der Waals surface area (Å²) in [6.45, 7) is 6.78. The lowest BCUT2D eigenvalue weighted by Crippen LogP contribution is -2.39. The van der Waals surface area contributed by atoms with Crippen LogP contribution in [0.15, 0.2) is 54.9 Å². The van der Waals surface area contributed by atoms with Gasteiger partial charge in [0.25, 0.3) is 0 Å². The first-order valence-corrected chi connectivity index (χ1v) is 12.0. The maximum atomic E-state index is 14.2. The molecule has 1 atom stereocenters. The number of halogens is 3. The number of pyridine rings is 1. The molecule has 4 aromatic rings. The number of amides is 1. The van der Waals surface area contributed by atoms with Crippen LogP contribution in [0.2, 0.25) is 5.02 Å². The second-order valence-corrected chi connectivity index (χ2v) is 10.3. The fourth-order valence-corrected chi connectivity index (χ4v) is 4.04.